The van der Waals surface area contributed by atoms with Gasteiger partial charge < -0.3 is 20.1 Å². The van der Waals surface area contributed by atoms with Gasteiger partial charge in [0.1, 0.15) is 5.60 Å². The summed E-state index contributed by atoms with van der Waals surface area (Å²) in [6.07, 6.45) is -0.934. The minimum absolute atomic E-state index is 0.336. The van der Waals surface area contributed by atoms with Crippen LogP contribution >= 0.6 is 0 Å². The van der Waals surface area contributed by atoms with Crippen LogP contribution < -0.4 is 5.32 Å². The van der Waals surface area contributed by atoms with E-state index >= 15 is 0 Å². The molecule has 0 aliphatic rings. The summed E-state index contributed by atoms with van der Waals surface area (Å²) < 4.78 is 5.11. The molecule has 1 aromatic carbocycles. The molecule has 0 atom stereocenters. The third-order valence-corrected chi connectivity index (χ3v) is 2.76. The summed E-state index contributed by atoms with van der Waals surface area (Å²) in [5.41, 5.74) is 0.398. The van der Waals surface area contributed by atoms with Crippen LogP contribution in [0.4, 0.5) is 9.59 Å². The van der Waals surface area contributed by atoms with Crippen LogP contribution in [0, 0.1) is 0 Å². The van der Waals surface area contributed by atoms with Crippen LogP contribution in [0.25, 0.3) is 0 Å². The first-order valence-corrected chi connectivity index (χ1v) is 7.26. The van der Waals surface area contributed by atoms with E-state index in [0.29, 0.717) is 26.1 Å². The number of hydrogen-bond donors (Lipinski definition) is 2. The molecule has 2 N–H and O–H groups in total. The Morgan fingerprint density at radius 3 is 2.41 bits per heavy atom. The van der Waals surface area contributed by atoms with E-state index in [0.717, 1.165) is 5.56 Å². The van der Waals surface area contributed by atoms with Crippen LogP contribution in [0.15, 0.2) is 30.3 Å². The molecule has 0 unspecified atom stereocenters. The molecule has 6 heteroatoms. The molecule has 0 saturated carbocycles. The Balaban J connectivity index is 2.34. The molecule has 1 aromatic rings. The molecule has 2 amide bonds. The van der Waals surface area contributed by atoms with E-state index in [-0.39, 0.29) is 0 Å². The normalized spacial score (nSPS) is 10.9. The minimum Gasteiger partial charge on any atom is -0.465 e. The van der Waals surface area contributed by atoms with Gasteiger partial charge >= 0.3 is 12.2 Å². The van der Waals surface area contributed by atoms with Crippen LogP contribution in [0.1, 0.15) is 32.8 Å². The molecule has 0 radical (unpaired) electrons. The van der Waals surface area contributed by atoms with E-state index in [9.17, 15) is 14.7 Å². The van der Waals surface area contributed by atoms with E-state index in [1.165, 1.54) is 4.90 Å². The van der Waals surface area contributed by atoms with Crippen molar-refractivity contribution in [1.29, 1.82) is 0 Å². The van der Waals surface area contributed by atoms with Gasteiger partial charge in [0, 0.05) is 19.6 Å². The van der Waals surface area contributed by atoms with Crippen LogP contribution in [-0.2, 0) is 11.3 Å². The second kappa shape index (κ2) is 8.26. The lowest BCUT2D eigenvalue weighted by molar-refractivity contribution is 0.0526. The average Bonchev–Trinajstić information content (AvgIpc) is 2.41. The lowest BCUT2D eigenvalue weighted by Gasteiger charge is -2.21. The third-order valence-electron chi connectivity index (χ3n) is 2.76. The van der Waals surface area contributed by atoms with Crippen molar-refractivity contribution in [2.45, 2.75) is 39.3 Å². The Bertz CT molecular complexity index is 483. The number of carbonyl (C=O) groups excluding carboxylic acids is 1. The second-order valence-corrected chi connectivity index (χ2v) is 5.97. The number of carboxylic acid groups (broad SMARTS) is 1. The highest BCUT2D eigenvalue weighted by molar-refractivity contribution is 5.67. The monoisotopic (exact) mass is 308 g/mol. The van der Waals surface area contributed by atoms with Crippen molar-refractivity contribution in [1.82, 2.24) is 10.2 Å². The van der Waals surface area contributed by atoms with E-state index in [4.69, 9.17) is 4.74 Å². The Morgan fingerprint density at radius 2 is 1.86 bits per heavy atom. The first-order valence-electron chi connectivity index (χ1n) is 7.26. The van der Waals surface area contributed by atoms with Gasteiger partial charge in [-0.3, -0.25) is 0 Å². The van der Waals surface area contributed by atoms with Crippen LogP contribution in [-0.4, -0.2) is 40.9 Å². The number of nitrogens with one attached hydrogen (secondary N) is 1. The molecule has 0 spiro atoms. The smallest absolute Gasteiger partial charge is 0.407 e. The molecule has 0 aliphatic carbocycles. The van der Waals surface area contributed by atoms with Crippen LogP contribution in [0.2, 0.25) is 0 Å². The van der Waals surface area contributed by atoms with Gasteiger partial charge in [0.25, 0.3) is 0 Å². The summed E-state index contributed by atoms with van der Waals surface area (Å²) in [5.74, 6) is 0. The Morgan fingerprint density at radius 1 is 1.23 bits per heavy atom. The summed E-state index contributed by atoms with van der Waals surface area (Å²) in [6.45, 7) is 6.42. The summed E-state index contributed by atoms with van der Waals surface area (Å²) in [4.78, 5) is 24.0. The van der Waals surface area contributed by atoms with Crippen LogP contribution in [0.3, 0.4) is 0 Å². The van der Waals surface area contributed by atoms with Crippen molar-refractivity contribution in [2.24, 2.45) is 0 Å². The molecule has 22 heavy (non-hydrogen) atoms. The van der Waals surface area contributed by atoms with Gasteiger partial charge in [-0.2, -0.15) is 0 Å². The third kappa shape index (κ3) is 7.52. The predicted molar refractivity (Wildman–Crippen MR) is 83.7 cm³/mol. The average molecular weight is 308 g/mol. The van der Waals surface area contributed by atoms with Crippen LogP contribution in [0.5, 0.6) is 0 Å². The molecular weight excluding hydrogens is 284 g/mol. The Labute approximate surface area is 131 Å². The SMILES string of the molecule is CC(C)(C)OC(=O)NCCCN(Cc1ccccc1)C(=O)O. The van der Waals surface area contributed by atoms with Gasteiger partial charge in [0.05, 0.1) is 0 Å². The highest BCUT2D eigenvalue weighted by atomic mass is 16.6. The fraction of sp³-hybridized carbons (Fsp3) is 0.500. The first kappa shape index (κ1) is 17.8. The molecule has 0 heterocycles. The lowest BCUT2D eigenvalue weighted by Crippen LogP contribution is -2.35. The fourth-order valence-corrected chi connectivity index (χ4v) is 1.82. The molecule has 0 aliphatic heterocycles. The Hall–Kier alpha value is -2.24. The summed E-state index contributed by atoms with van der Waals surface area (Å²) in [7, 11) is 0. The molecule has 122 valence electrons. The number of benzene rings is 1. The van der Waals surface area contributed by atoms with Crippen molar-refractivity contribution in [3.8, 4) is 0 Å². The topological polar surface area (TPSA) is 78.9 Å². The molecule has 0 fully saturated rings. The molecule has 0 bridgehead atoms. The van der Waals surface area contributed by atoms with Crippen molar-refractivity contribution in [2.75, 3.05) is 13.1 Å². The first-order chi connectivity index (χ1) is 10.3. The zero-order valence-corrected chi connectivity index (χ0v) is 13.3. The summed E-state index contributed by atoms with van der Waals surface area (Å²) >= 11 is 0. The Kier molecular flexibility index (Phi) is 6.69. The maximum atomic E-state index is 11.5. The number of carbonyl (C=O) groups is 2. The predicted octanol–water partition coefficient (Wildman–Crippen LogP) is 3.08. The molecule has 0 aromatic heterocycles. The van der Waals surface area contributed by atoms with E-state index in [1.807, 2.05) is 30.3 Å². The second-order valence-electron chi connectivity index (χ2n) is 5.97. The summed E-state index contributed by atoms with van der Waals surface area (Å²) in [5, 5.41) is 11.8. The maximum absolute atomic E-state index is 11.5. The van der Waals surface area contributed by atoms with Gasteiger partial charge in [-0.1, -0.05) is 30.3 Å². The molecule has 6 nitrogen and oxygen atoms in total. The standard InChI is InChI=1S/C16H24N2O4/c1-16(2,3)22-14(19)17-10-7-11-18(15(20)21)12-13-8-5-4-6-9-13/h4-6,8-9H,7,10-12H2,1-3H3,(H,17,19)(H,20,21). The lowest BCUT2D eigenvalue weighted by atomic mass is 10.2. The van der Waals surface area contributed by atoms with Gasteiger partial charge in [0.2, 0.25) is 0 Å². The number of nitrogens with zero attached hydrogens (tertiary/aromatic N) is 1. The molecular formula is C16H24N2O4. The quantitative estimate of drug-likeness (QED) is 0.792. The number of alkyl carbamates (subject to hydrolysis) is 1. The van der Waals surface area contributed by atoms with Gasteiger partial charge in [0.15, 0.2) is 0 Å². The van der Waals surface area contributed by atoms with E-state index < -0.39 is 17.8 Å². The van der Waals surface area contributed by atoms with Crippen molar-refractivity contribution >= 4 is 12.2 Å². The number of amides is 2. The molecule has 0 saturated heterocycles. The number of hydrogen-bond acceptors (Lipinski definition) is 3. The highest BCUT2D eigenvalue weighted by Gasteiger charge is 2.16. The van der Waals surface area contributed by atoms with Crippen molar-refractivity contribution in [3.05, 3.63) is 35.9 Å². The summed E-state index contributed by atoms with van der Waals surface area (Å²) in [6, 6.07) is 9.40. The van der Waals surface area contributed by atoms with Crippen molar-refractivity contribution < 1.29 is 19.4 Å². The zero-order chi connectivity index (χ0) is 16.6. The van der Waals surface area contributed by atoms with E-state index in [2.05, 4.69) is 5.32 Å². The van der Waals surface area contributed by atoms with Gasteiger partial charge in [-0.25, -0.2) is 9.59 Å². The maximum Gasteiger partial charge on any atom is 0.407 e. The number of ether oxygens (including phenoxy) is 1. The zero-order valence-electron chi connectivity index (χ0n) is 13.3. The minimum atomic E-state index is -0.971. The van der Waals surface area contributed by atoms with E-state index in [1.54, 1.807) is 20.8 Å². The number of rotatable bonds is 6. The highest BCUT2D eigenvalue weighted by Crippen LogP contribution is 2.07. The van der Waals surface area contributed by atoms with Crippen molar-refractivity contribution in [3.63, 3.8) is 0 Å². The fourth-order valence-electron chi connectivity index (χ4n) is 1.82. The van der Waals surface area contributed by atoms with Gasteiger partial charge in [-0.05, 0) is 32.8 Å². The largest absolute Gasteiger partial charge is 0.465 e. The molecule has 1 rings (SSSR count). The van der Waals surface area contributed by atoms with Gasteiger partial charge in [-0.15, -0.1) is 0 Å².